The number of nitrogens with one attached hydrogen (secondary N) is 1. The molecule has 31 heavy (non-hydrogen) atoms. The van der Waals surface area contributed by atoms with E-state index in [1.807, 2.05) is 60.3 Å². The van der Waals surface area contributed by atoms with E-state index in [-0.39, 0.29) is 11.9 Å². The molecule has 1 N–H and O–H groups in total. The van der Waals surface area contributed by atoms with Gasteiger partial charge in [0.1, 0.15) is 0 Å². The smallest absolute Gasteiger partial charge is 0.251 e. The molecular formula is C26H26ClN3O. The quantitative estimate of drug-likeness (QED) is 0.386. The van der Waals surface area contributed by atoms with Crippen LogP contribution in [0.1, 0.15) is 59.8 Å². The van der Waals surface area contributed by atoms with Crippen LogP contribution in [0.4, 0.5) is 0 Å². The van der Waals surface area contributed by atoms with Crippen molar-refractivity contribution in [3.63, 3.8) is 0 Å². The van der Waals surface area contributed by atoms with E-state index in [1.54, 1.807) is 0 Å². The van der Waals surface area contributed by atoms with Crippen LogP contribution >= 0.6 is 11.6 Å². The van der Waals surface area contributed by atoms with Crippen LogP contribution in [0, 0.1) is 0 Å². The molecule has 0 aliphatic carbocycles. The van der Waals surface area contributed by atoms with Gasteiger partial charge in [-0.2, -0.15) is 5.10 Å². The van der Waals surface area contributed by atoms with Crippen LogP contribution in [0.2, 0.25) is 5.02 Å². The Morgan fingerprint density at radius 1 is 0.968 bits per heavy atom. The number of rotatable bonds is 6. The van der Waals surface area contributed by atoms with E-state index in [1.165, 1.54) is 5.56 Å². The summed E-state index contributed by atoms with van der Waals surface area (Å²) in [5.74, 6) is 0.393. The molecule has 5 heteroatoms. The molecule has 0 aliphatic rings. The molecule has 4 aromatic rings. The topological polar surface area (TPSA) is 46.9 Å². The van der Waals surface area contributed by atoms with E-state index in [9.17, 15) is 4.79 Å². The number of fused-ring (bicyclic) bond motifs is 1. The van der Waals surface area contributed by atoms with E-state index in [0.717, 1.165) is 22.0 Å². The Balaban J connectivity index is 1.52. The maximum atomic E-state index is 12.9. The monoisotopic (exact) mass is 431 g/mol. The third kappa shape index (κ3) is 4.80. The fourth-order valence-electron chi connectivity index (χ4n) is 3.63. The number of hydrogen-bond acceptors (Lipinski definition) is 2. The van der Waals surface area contributed by atoms with Gasteiger partial charge in [0.05, 0.1) is 24.3 Å². The van der Waals surface area contributed by atoms with Gasteiger partial charge >= 0.3 is 0 Å². The lowest BCUT2D eigenvalue weighted by Crippen LogP contribution is -2.26. The van der Waals surface area contributed by atoms with Crippen LogP contribution in [0.25, 0.3) is 10.9 Å². The Kier molecular flexibility index (Phi) is 6.10. The number of benzene rings is 3. The molecule has 4 rings (SSSR count). The van der Waals surface area contributed by atoms with Crippen LogP contribution < -0.4 is 5.32 Å². The summed E-state index contributed by atoms with van der Waals surface area (Å²) in [6.07, 6.45) is 1.83. The molecule has 0 fully saturated rings. The van der Waals surface area contributed by atoms with Crippen molar-refractivity contribution in [2.45, 2.75) is 39.3 Å². The number of carbonyl (C=O) groups excluding carboxylic acids is 1. The van der Waals surface area contributed by atoms with E-state index < -0.39 is 0 Å². The summed E-state index contributed by atoms with van der Waals surface area (Å²) in [4.78, 5) is 12.9. The van der Waals surface area contributed by atoms with Crippen molar-refractivity contribution in [1.29, 1.82) is 0 Å². The zero-order valence-corrected chi connectivity index (χ0v) is 18.7. The minimum atomic E-state index is -0.0958. The number of carbonyl (C=O) groups is 1. The molecule has 0 saturated carbocycles. The van der Waals surface area contributed by atoms with Gasteiger partial charge in [-0.3, -0.25) is 9.48 Å². The molecule has 0 saturated heterocycles. The maximum absolute atomic E-state index is 12.9. The molecule has 158 valence electrons. The molecular weight excluding hydrogens is 406 g/mol. The summed E-state index contributed by atoms with van der Waals surface area (Å²) in [5, 5.41) is 9.32. The predicted molar refractivity (Wildman–Crippen MR) is 127 cm³/mol. The Morgan fingerprint density at radius 3 is 2.32 bits per heavy atom. The first-order chi connectivity index (χ1) is 14.9. The molecule has 0 aliphatic heterocycles. The van der Waals surface area contributed by atoms with Crippen molar-refractivity contribution in [2.24, 2.45) is 0 Å². The van der Waals surface area contributed by atoms with Crippen molar-refractivity contribution >= 4 is 28.4 Å². The van der Waals surface area contributed by atoms with Crippen LogP contribution in [-0.2, 0) is 6.54 Å². The highest BCUT2D eigenvalue weighted by atomic mass is 35.5. The largest absolute Gasteiger partial charge is 0.346 e. The van der Waals surface area contributed by atoms with Crippen LogP contribution in [0.3, 0.4) is 0 Å². The van der Waals surface area contributed by atoms with Gasteiger partial charge in [0.15, 0.2) is 0 Å². The number of nitrogens with zero attached hydrogens (tertiary/aromatic N) is 2. The van der Waals surface area contributed by atoms with Crippen LogP contribution in [0.15, 0.2) is 72.9 Å². The first-order valence-electron chi connectivity index (χ1n) is 10.5. The average molecular weight is 432 g/mol. The summed E-state index contributed by atoms with van der Waals surface area (Å²) < 4.78 is 1.91. The van der Waals surface area contributed by atoms with Crippen LogP contribution in [0.5, 0.6) is 0 Å². The van der Waals surface area contributed by atoms with Gasteiger partial charge < -0.3 is 5.32 Å². The molecule has 4 nitrogen and oxygen atoms in total. The van der Waals surface area contributed by atoms with Crippen LogP contribution in [-0.4, -0.2) is 15.7 Å². The Hall–Kier alpha value is -3.11. The first-order valence-corrected chi connectivity index (χ1v) is 10.9. The highest BCUT2D eigenvalue weighted by molar-refractivity contribution is 6.30. The van der Waals surface area contributed by atoms with Crippen molar-refractivity contribution in [3.05, 3.63) is 100 Å². The van der Waals surface area contributed by atoms with Gasteiger partial charge in [-0.25, -0.2) is 0 Å². The average Bonchev–Trinajstić information content (AvgIpc) is 3.17. The summed E-state index contributed by atoms with van der Waals surface area (Å²) in [7, 11) is 0. The van der Waals surface area contributed by atoms with Crippen molar-refractivity contribution < 1.29 is 4.79 Å². The van der Waals surface area contributed by atoms with Gasteiger partial charge in [-0.15, -0.1) is 0 Å². The lowest BCUT2D eigenvalue weighted by molar-refractivity contribution is 0.0940. The number of amides is 1. The summed E-state index contributed by atoms with van der Waals surface area (Å²) >= 11 is 5.98. The van der Waals surface area contributed by atoms with Gasteiger partial charge in [-0.1, -0.05) is 67.9 Å². The van der Waals surface area contributed by atoms with E-state index >= 15 is 0 Å². The van der Waals surface area contributed by atoms with E-state index in [4.69, 9.17) is 11.6 Å². The van der Waals surface area contributed by atoms with Gasteiger partial charge in [0, 0.05) is 16.0 Å². The molecule has 1 aromatic heterocycles. The molecule has 3 aromatic carbocycles. The third-order valence-electron chi connectivity index (χ3n) is 5.60. The zero-order chi connectivity index (χ0) is 22.0. The Labute approximate surface area is 187 Å². The third-order valence-corrected chi connectivity index (χ3v) is 5.86. The second-order valence-corrected chi connectivity index (χ2v) is 8.66. The summed E-state index contributed by atoms with van der Waals surface area (Å²) in [6.45, 7) is 6.97. The molecule has 1 atom stereocenters. The highest BCUT2D eigenvalue weighted by Gasteiger charge is 2.14. The fourth-order valence-corrected chi connectivity index (χ4v) is 3.76. The maximum Gasteiger partial charge on any atom is 0.251 e. The zero-order valence-electron chi connectivity index (χ0n) is 18.0. The fraction of sp³-hybridized carbons (Fsp3) is 0.231. The van der Waals surface area contributed by atoms with E-state index in [0.29, 0.717) is 23.0 Å². The summed E-state index contributed by atoms with van der Waals surface area (Å²) in [5.41, 5.74) is 5.03. The number of aromatic nitrogens is 2. The lowest BCUT2D eigenvalue weighted by Gasteiger charge is -2.16. The molecule has 1 heterocycles. The van der Waals surface area contributed by atoms with Gasteiger partial charge in [0.25, 0.3) is 5.91 Å². The van der Waals surface area contributed by atoms with Gasteiger partial charge in [0.2, 0.25) is 0 Å². The Bertz CT molecular complexity index is 1190. The summed E-state index contributed by atoms with van der Waals surface area (Å²) in [6, 6.07) is 21.8. The van der Waals surface area contributed by atoms with Gasteiger partial charge in [-0.05, 0) is 53.8 Å². The molecule has 0 unspecified atom stereocenters. The molecule has 0 radical (unpaired) electrons. The number of hydrogen-bond donors (Lipinski definition) is 1. The van der Waals surface area contributed by atoms with E-state index in [2.05, 4.69) is 48.5 Å². The minimum absolute atomic E-state index is 0.0802. The lowest BCUT2D eigenvalue weighted by atomic mass is 9.99. The Morgan fingerprint density at radius 2 is 1.65 bits per heavy atom. The molecule has 1 amide bonds. The SMILES string of the molecule is CC(C)c1ccc([C@H](C)NC(=O)c2ccc3cnn(Cc4ccc(Cl)cc4)c3c2)cc1. The molecule has 0 bridgehead atoms. The molecule has 0 spiro atoms. The number of halogens is 1. The van der Waals surface area contributed by atoms with Crippen molar-refractivity contribution in [1.82, 2.24) is 15.1 Å². The standard InChI is InChI=1S/C26H26ClN3O/c1-17(2)20-6-8-21(9-7-20)18(3)29-26(31)22-10-11-23-15-28-30(25(23)14-22)16-19-4-12-24(27)13-5-19/h4-15,17-18H,16H2,1-3H3,(H,29,31)/t18-/m0/s1. The highest BCUT2D eigenvalue weighted by Crippen LogP contribution is 2.21. The second-order valence-electron chi connectivity index (χ2n) is 8.22. The normalized spacial score (nSPS) is 12.3. The second kappa shape index (κ2) is 8.94. The predicted octanol–water partition coefficient (Wildman–Crippen LogP) is 6.35. The minimum Gasteiger partial charge on any atom is -0.346 e. The first kappa shape index (κ1) is 21.1. The van der Waals surface area contributed by atoms with Crippen molar-refractivity contribution in [3.8, 4) is 0 Å². The van der Waals surface area contributed by atoms with Crippen molar-refractivity contribution in [2.75, 3.05) is 0 Å².